The van der Waals surface area contributed by atoms with Crippen LogP contribution in [0.15, 0.2) is 16.7 Å². The van der Waals surface area contributed by atoms with Gasteiger partial charge in [-0.1, -0.05) is 13.8 Å². The van der Waals surface area contributed by atoms with Crippen LogP contribution in [0.5, 0.6) is 0 Å². The Kier molecular flexibility index (Phi) is 5.89. The molecule has 0 bridgehead atoms. The summed E-state index contributed by atoms with van der Waals surface area (Å²) in [7, 11) is 2.18. The molecule has 0 saturated carbocycles. The lowest BCUT2D eigenvalue weighted by Gasteiger charge is -2.34. The lowest BCUT2D eigenvalue weighted by Crippen LogP contribution is -2.39. The van der Waals surface area contributed by atoms with E-state index in [0.717, 1.165) is 38.2 Å². The molecule has 0 aliphatic heterocycles. The molecule has 0 spiro atoms. The van der Waals surface area contributed by atoms with Crippen LogP contribution in [-0.2, 0) is 13.1 Å². The fraction of sp³-hybridized carbons (Fsp3) is 0.733. The van der Waals surface area contributed by atoms with E-state index >= 15 is 0 Å². The molecule has 0 fully saturated rings. The van der Waals surface area contributed by atoms with Crippen LogP contribution >= 0.6 is 0 Å². The van der Waals surface area contributed by atoms with Crippen molar-refractivity contribution in [3.8, 4) is 0 Å². The summed E-state index contributed by atoms with van der Waals surface area (Å²) in [5.74, 6) is 1.07. The molecule has 0 aliphatic rings. The van der Waals surface area contributed by atoms with Crippen molar-refractivity contribution in [3.63, 3.8) is 0 Å². The molecule has 3 nitrogen and oxygen atoms in total. The second kappa shape index (κ2) is 6.95. The molecule has 1 heterocycles. The van der Waals surface area contributed by atoms with Gasteiger partial charge in [-0.25, -0.2) is 0 Å². The van der Waals surface area contributed by atoms with Gasteiger partial charge in [0, 0.05) is 17.6 Å². The van der Waals surface area contributed by atoms with Crippen molar-refractivity contribution in [2.75, 3.05) is 13.6 Å². The van der Waals surface area contributed by atoms with Crippen molar-refractivity contribution in [2.24, 2.45) is 0 Å². The van der Waals surface area contributed by atoms with E-state index in [1.807, 2.05) is 0 Å². The maximum absolute atomic E-state index is 5.57. The largest absolute Gasteiger partial charge is 0.468 e. The summed E-state index contributed by atoms with van der Waals surface area (Å²) in [4.78, 5) is 2.39. The summed E-state index contributed by atoms with van der Waals surface area (Å²) in [6, 6.07) is 2.09. The topological polar surface area (TPSA) is 28.4 Å². The average molecular weight is 252 g/mol. The van der Waals surface area contributed by atoms with Crippen LogP contribution in [0.4, 0.5) is 0 Å². The second-order valence-corrected chi connectivity index (χ2v) is 5.57. The molecule has 104 valence electrons. The predicted molar refractivity (Wildman–Crippen MR) is 76.5 cm³/mol. The van der Waals surface area contributed by atoms with Crippen molar-refractivity contribution in [2.45, 2.75) is 59.2 Å². The Labute approximate surface area is 112 Å². The van der Waals surface area contributed by atoms with E-state index < -0.39 is 0 Å². The molecule has 0 amide bonds. The van der Waals surface area contributed by atoms with E-state index in [0.29, 0.717) is 0 Å². The first-order chi connectivity index (χ1) is 8.51. The van der Waals surface area contributed by atoms with Crippen LogP contribution in [0.2, 0.25) is 0 Å². The van der Waals surface area contributed by atoms with Crippen LogP contribution in [0.25, 0.3) is 0 Å². The number of furan rings is 1. The van der Waals surface area contributed by atoms with E-state index in [4.69, 9.17) is 4.42 Å². The molecular formula is C15H28N2O. The van der Waals surface area contributed by atoms with Gasteiger partial charge in [0.2, 0.25) is 0 Å². The number of hydrogen-bond acceptors (Lipinski definition) is 3. The van der Waals surface area contributed by atoms with Gasteiger partial charge in [0.1, 0.15) is 5.76 Å². The first-order valence-electron chi connectivity index (χ1n) is 6.98. The lowest BCUT2D eigenvalue weighted by molar-refractivity contribution is 0.142. The van der Waals surface area contributed by atoms with Gasteiger partial charge in [0.25, 0.3) is 0 Å². The van der Waals surface area contributed by atoms with E-state index in [1.54, 1.807) is 6.26 Å². The summed E-state index contributed by atoms with van der Waals surface area (Å²) in [5, 5.41) is 3.39. The van der Waals surface area contributed by atoms with Crippen molar-refractivity contribution < 1.29 is 4.42 Å². The quantitative estimate of drug-likeness (QED) is 0.719. The molecular weight excluding hydrogens is 224 g/mol. The summed E-state index contributed by atoms with van der Waals surface area (Å²) >= 11 is 0. The third-order valence-electron chi connectivity index (χ3n) is 3.86. The zero-order valence-electron chi connectivity index (χ0n) is 12.5. The van der Waals surface area contributed by atoms with Gasteiger partial charge in [-0.2, -0.15) is 0 Å². The Balaban J connectivity index is 2.59. The van der Waals surface area contributed by atoms with Gasteiger partial charge in [0.15, 0.2) is 0 Å². The highest BCUT2D eigenvalue weighted by atomic mass is 16.3. The van der Waals surface area contributed by atoms with Crippen molar-refractivity contribution in [1.29, 1.82) is 0 Å². The van der Waals surface area contributed by atoms with Gasteiger partial charge >= 0.3 is 0 Å². The van der Waals surface area contributed by atoms with Gasteiger partial charge in [-0.05, 0) is 46.3 Å². The molecule has 0 atom stereocenters. The fourth-order valence-electron chi connectivity index (χ4n) is 1.78. The van der Waals surface area contributed by atoms with Crippen LogP contribution in [-0.4, -0.2) is 24.0 Å². The van der Waals surface area contributed by atoms with Gasteiger partial charge in [-0.3, -0.25) is 4.90 Å². The molecule has 18 heavy (non-hydrogen) atoms. The smallest absolute Gasteiger partial charge is 0.122 e. The maximum atomic E-state index is 5.57. The number of hydrogen-bond donors (Lipinski definition) is 1. The van der Waals surface area contributed by atoms with Crippen LogP contribution in [0.1, 0.15) is 51.9 Å². The minimum atomic E-state index is 0.228. The molecule has 1 N–H and O–H groups in total. The van der Waals surface area contributed by atoms with Gasteiger partial charge in [-0.15, -0.1) is 0 Å². The van der Waals surface area contributed by atoms with E-state index in [-0.39, 0.29) is 5.54 Å². The summed E-state index contributed by atoms with van der Waals surface area (Å²) in [6.45, 7) is 11.8. The van der Waals surface area contributed by atoms with Crippen LogP contribution in [0, 0.1) is 0 Å². The van der Waals surface area contributed by atoms with Gasteiger partial charge < -0.3 is 9.73 Å². The van der Waals surface area contributed by atoms with Crippen molar-refractivity contribution in [1.82, 2.24) is 10.2 Å². The molecule has 0 saturated heterocycles. The third-order valence-corrected chi connectivity index (χ3v) is 3.86. The normalized spacial score (nSPS) is 12.3. The zero-order valence-corrected chi connectivity index (χ0v) is 12.5. The molecule has 0 aliphatic carbocycles. The van der Waals surface area contributed by atoms with Crippen LogP contribution in [0.3, 0.4) is 0 Å². The molecule has 1 rings (SSSR count). The first kappa shape index (κ1) is 15.3. The minimum absolute atomic E-state index is 0.228. The monoisotopic (exact) mass is 252 g/mol. The zero-order chi connectivity index (χ0) is 13.6. The Bertz CT molecular complexity index is 344. The highest BCUT2D eigenvalue weighted by Gasteiger charge is 2.22. The Morgan fingerprint density at radius 2 is 2.06 bits per heavy atom. The van der Waals surface area contributed by atoms with Crippen molar-refractivity contribution >= 4 is 0 Å². The maximum Gasteiger partial charge on any atom is 0.122 e. The predicted octanol–water partition coefficient (Wildman–Crippen LogP) is 3.40. The minimum Gasteiger partial charge on any atom is -0.468 e. The molecule has 0 aromatic carbocycles. The molecule has 0 radical (unpaired) electrons. The van der Waals surface area contributed by atoms with Gasteiger partial charge in [0.05, 0.1) is 12.8 Å². The van der Waals surface area contributed by atoms with E-state index in [9.17, 15) is 0 Å². The highest BCUT2D eigenvalue weighted by molar-refractivity contribution is 5.17. The molecule has 1 aromatic heterocycles. The van der Waals surface area contributed by atoms with Crippen LogP contribution < -0.4 is 5.32 Å². The van der Waals surface area contributed by atoms with Crippen molar-refractivity contribution in [3.05, 3.63) is 23.7 Å². The van der Waals surface area contributed by atoms with E-state index in [1.165, 1.54) is 5.56 Å². The number of nitrogens with one attached hydrogen (secondary N) is 1. The first-order valence-corrected chi connectivity index (χ1v) is 6.98. The SMILES string of the molecule is CCCNCc1occc1CN(C)C(C)(C)CC. The Morgan fingerprint density at radius 1 is 1.33 bits per heavy atom. The Hall–Kier alpha value is -0.800. The summed E-state index contributed by atoms with van der Waals surface area (Å²) in [6.07, 6.45) is 4.09. The lowest BCUT2D eigenvalue weighted by atomic mass is 9.99. The average Bonchev–Trinajstić information content (AvgIpc) is 2.77. The number of nitrogens with zero attached hydrogens (tertiary/aromatic N) is 1. The second-order valence-electron chi connectivity index (χ2n) is 5.57. The fourth-order valence-corrected chi connectivity index (χ4v) is 1.78. The molecule has 3 heteroatoms. The summed E-state index contributed by atoms with van der Waals surface area (Å²) in [5.41, 5.74) is 1.52. The Morgan fingerprint density at radius 3 is 2.67 bits per heavy atom. The molecule has 0 unspecified atom stereocenters. The molecule has 1 aromatic rings. The summed E-state index contributed by atoms with van der Waals surface area (Å²) < 4.78 is 5.57. The standard InChI is InChI=1S/C15H28N2O/c1-6-9-16-11-14-13(8-10-18-14)12-17(5)15(3,4)7-2/h8,10,16H,6-7,9,11-12H2,1-5H3. The number of rotatable bonds is 8. The van der Waals surface area contributed by atoms with E-state index in [2.05, 4.69) is 51.0 Å². The third kappa shape index (κ3) is 4.14. The highest BCUT2D eigenvalue weighted by Crippen LogP contribution is 2.21.